The molecule has 0 unspecified atom stereocenters. The number of aryl methyl sites for hydroxylation is 2. The van der Waals surface area contributed by atoms with E-state index in [4.69, 9.17) is 0 Å². The number of benzene rings is 2. The van der Waals surface area contributed by atoms with E-state index in [9.17, 15) is 18.0 Å². The van der Waals surface area contributed by atoms with Crippen molar-refractivity contribution in [3.8, 4) is 0 Å². The van der Waals surface area contributed by atoms with E-state index in [-0.39, 0.29) is 0 Å². The van der Waals surface area contributed by atoms with Crippen LogP contribution in [0.5, 0.6) is 0 Å². The van der Waals surface area contributed by atoms with E-state index in [0.29, 0.717) is 13.1 Å². The Morgan fingerprint density at radius 2 is 1.59 bits per heavy atom. The summed E-state index contributed by atoms with van der Waals surface area (Å²) >= 11 is 0. The summed E-state index contributed by atoms with van der Waals surface area (Å²) in [5.41, 5.74) is 6.42. The molecule has 0 heterocycles. The highest BCUT2D eigenvalue weighted by molar-refractivity contribution is 7.90. The van der Waals surface area contributed by atoms with Crippen LogP contribution < -0.4 is 10.0 Å². The molecule has 2 aliphatic rings. The van der Waals surface area contributed by atoms with E-state index in [0.717, 1.165) is 60.9 Å². The number of amides is 3. The van der Waals surface area contributed by atoms with Crippen LogP contribution in [0.4, 0.5) is 10.5 Å². The van der Waals surface area contributed by atoms with Crippen molar-refractivity contribution in [3.63, 3.8) is 0 Å². The predicted octanol–water partition coefficient (Wildman–Crippen LogP) is 3.16. The highest BCUT2D eigenvalue weighted by Gasteiger charge is 2.27. The summed E-state index contributed by atoms with van der Waals surface area (Å²) in [4.78, 5) is 26.7. The summed E-state index contributed by atoms with van der Waals surface area (Å²) in [6.07, 6.45) is 5.81. The van der Waals surface area contributed by atoms with Crippen LogP contribution >= 0.6 is 0 Å². The van der Waals surface area contributed by atoms with Gasteiger partial charge in [0.1, 0.15) is 5.75 Å². The summed E-state index contributed by atoms with van der Waals surface area (Å²) in [7, 11) is -4.13. The second-order valence-corrected chi connectivity index (χ2v) is 10.2. The minimum atomic E-state index is -4.13. The van der Waals surface area contributed by atoms with Crippen LogP contribution in [0.3, 0.4) is 0 Å². The van der Waals surface area contributed by atoms with E-state index >= 15 is 0 Å². The number of rotatable bonds is 7. The topological polar surface area (TPSA) is 95.6 Å². The van der Waals surface area contributed by atoms with Crippen molar-refractivity contribution in [1.82, 2.24) is 9.62 Å². The molecule has 7 nitrogen and oxygen atoms in total. The highest BCUT2D eigenvalue weighted by Crippen LogP contribution is 2.38. The quantitative estimate of drug-likeness (QED) is 0.670. The summed E-state index contributed by atoms with van der Waals surface area (Å²) < 4.78 is 27.2. The van der Waals surface area contributed by atoms with Gasteiger partial charge in [0.2, 0.25) is 15.9 Å². The molecule has 4 rings (SSSR count). The number of fused-ring (bicyclic) bond motifs is 2. The molecule has 3 amide bonds. The van der Waals surface area contributed by atoms with Crippen LogP contribution in [-0.2, 0) is 47.0 Å². The second-order valence-electron chi connectivity index (χ2n) is 8.44. The molecule has 0 radical (unpaired) electrons. The average Bonchev–Trinajstić information content (AvgIpc) is 3.41. The maximum atomic E-state index is 12.6. The molecule has 0 atom stereocenters. The zero-order valence-corrected chi connectivity index (χ0v) is 19.1. The number of sulfonamides is 1. The smallest absolute Gasteiger partial charge is 0.332 e. The third-order valence-corrected chi connectivity index (χ3v) is 7.35. The number of carbonyl (C=O) groups is 2. The summed E-state index contributed by atoms with van der Waals surface area (Å²) in [5.74, 6) is -1.32. The van der Waals surface area contributed by atoms with Gasteiger partial charge in [0.25, 0.3) is 0 Å². The number of nitrogens with one attached hydrogen (secondary N) is 2. The summed E-state index contributed by atoms with van der Waals surface area (Å²) in [6, 6.07) is 10.8. The Labute approximate surface area is 189 Å². The molecule has 0 aliphatic heterocycles. The lowest BCUT2D eigenvalue weighted by molar-refractivity contribution is -0.128. The first-order valence-electron chi connectivity index (χ1n) is 11.2. The van der Waals surface area contributed by atoms with E-state index < -0.39 is 27.7 Å². The number of carbonyl (C=O) groups excluding carboxylic acids is 2. The Kier molecular flexibility index (Phi) is 6.50. The van der Waals surface area contributed by atoms with Crippen LogP contribution in [0.2, 0.25) is 0 Å². The van der Waals surface area contributed by atoms with E-state index in [1.54, 1.807) is 6.92 Å². The lowest BCUT2D eigenvalue weighted by Crippen LogP contribution is -2.42. The third kappa shape index (κ3) is 4.96. The number of hydrogen-bond donors (Lipinski definition) is 2. The normalized spacial score (nSPS) is 14.5. The first kappa shape index (κ1) is 22.3. The molecular weight excluding hydrogens is 426 g/mol. The van der Waals surface area contributed by atoms with Crippen molar-refractivity contribution in [2.75, 3.05) is 17.6 Å². The van der Waals surface area contributed by atoms with Gasteiger partial charge in [0.15, 0.2) is 0 Å². The SMILES string of the molecule is CCN(Cc1ccccc1)C(=O)CS(=O)(=O)NC(=O)Nc1c2c(cc3c1CCC3)CCC2. The van der Waals surface area contributed by atoms with Gasteiger partial charge in [-0.05, 0) is 73.3 Å². The van der Waals surface area contributed by atoms with Crippen molar-refractivity contribution < 1.29 is 18.0 Å². The van der Waals surface area contributed by atoms with Crippen LogP contribution in [-0.4, -0.2) is 37.6 Å². The van der Waals surface area contributed by atoms with Crippen molar-refractivity contribution in [2.24, 2.45) is 0 Å². The maximum Gasteiger partial charge on any atom is 0.332 e. The zero-order valence-electron chi connectivity index (χ0n) is 18.3. The standard InChI is InChI=1S/C24H29N3O4S/c1-2-27(15-17-8-4-3-5-9-17)22(28)16-32(30,31)26-24(29)25-23-20-12-6-10-18(20)14-19-11-7-13-21(19)23/h3-5,8-9,14H,2,6-7,10-13,15-16H2,1H3,(H2,25,26,29). The van der Waals surface area contributed by atoms with Gasteiger partial charge in [0, 0.05) is 18.8 Å². The van der Waals surface area contributed by atoms with Gasteiger partial charge >= 0.3 is 6.03 Å². The largest absolute Gasteiger partial charge is 0.338 e. The molecule has 0 saturated carbocycles. The molecule has 32 heavy (non-hydrogen) atoms. The predicted molar refractivity (Wildman–Crippen MR) is 124 cm³/mol. The lowest BCUT2D eigenvalue weighted by Gasteiger charge is -2.21. The Morgan fingerprint density at radius 3 is 2.19 bits per heavy atom. The molecule has 0 aromatic heterocycles. The monoisotopic (exact) mass is 455 g/mol. The van der Waals surface area contributed by atoms with Gasteiger partial charge in [-0.2, -0.15) is 0 Å². The van der Waals surface area contributed by atoms with E-state index in [1.165, 1.54) is 16.0 Å². The number of anilines is 1. The Bertz CT molecular complexity index is 1100. The number of nitrogens with zero attached hydrogens (tertiary/aromatic N) is 1. The molecule has 0 fully saturated rings. The first-order valence-corrected chi connectivity index (χ1v) is 12.8. The third-order valence-electron chi connectivity index (χ3n) is 6.22. The minimum absolute atomic E-state index is 0.320. The lowest BCUT2D eigenvalue weighted by atomic mass is 9.99. The van der Waals surface area contributed by atoms with Crippen LogP contribution in [0, 0.1) is 0 Å². The Hall–Kier alpha value is -2.87. The fraction of sp³-hybridized carbons (Fsp3) is 0.417. The molecule has 0 spiro atoms. The maximum absolute atomic E-state index is 12.6. The molecule has 2 aromatic carbocycles. The van der Waals surface area contributed by atoms with Crippen LogP contribution in [0.15, 0.2) is 36.4 Å². The fourth-order valence-electron chi connectivity index (χ4n) is 4.72. The molecule has 2 N–H and O–H groups in total. The van der Waals surface area contributed by atoms with Crippen molar-refractivity contribution in [1.29, 1.82) is 0 Å². The molecule has 170 valence electrons. The number of urea groups is 1. The van der Waals surface area contributed by atoms with Crippen molar-refractivity contribution in [2.45, 2.75) is 52.0 Å². The van der Waals surface area contributed by atoms with E-state index in [2.05, 4.69) is 11.4 Å². The number of hydrogen-bond acceptors (Lipinski definition) is 4. The summed E-state index contributed by atoms with van der Waals surface area (Å²) in [6.45, 7) is 2.49. The second kappa shape index (κ2) is 9.32. The van der Waals surface area contributed by atoms with Gasteiger partial charge in [-0.1, -0.05) is 36.4 Å². The molecular formula is C24H29N3O4S. The highest BCUT2D eigenvalue weighted by atomic mass is 32.2. The van der Waals surface area contributed by atoms with Crippen molar-refractivity contribution >= 4 is 27.6 Å². The molecule has 2 aromatic rings. The minimum Gasteiger partial charge on any atom is -0.338 e. The van der Waals surface area contributed by atoms with Crippen LogP contribution in [0.1, 0.15) is 47.6 Å². The summed E-state index contributed by atoms with van der Waals surface area (Å²) in [5, 5.41) is 2.80. The average molecular weight is 456 g/mol. The van der Waals surface area contributed by atoms with Gasteiger partial charge in [-0.15, -0.1) is 0 Å². The van der Waals surface area contributed by atoms with E-state index in [1.807, 2.05) is 35.1 Å². The molecule has 8 heteroatoms. The molecule has 0 saturated heterocycles. The molecule has 0 bridgehead atoms. The van der Waals surface area contributed by atoms with Crippen molar-refractivity contribution in [3.05, 3.63) is 64.2 Å². The van der Waals surface area contributed by atoms with Gasteiger partial charge < -0.3 is 10.2 Å². The molecule has 2 aliphatic carbocycles. The Morgan fingerprint density at radius 1 is 0.969 bits per heavy atom. The Balaban J connectivity index is 1.42. The first-order chi connectivity index (χ1) is 15.4. The zero-order chi connectivity index (χ0) is 22.7. The van der Waals surface area contributed by atoms with Gasteiger partial charge in [-0.25, -0.2) is 17.9 Å². The fourth-order valence-corrected chi connectivity index (χ4v) is 5.63. The van der Waals surface area contributed by atoms with Gasteiger partial charge in [0.05, 0.1) is 0 Å². The van der Waals surface area contributed by atoms with Crippen LogP contribution in [0.25, 0.3) is 0 Å². The van der Waals surface area contributed by atoms with Gasteiger partial charge in [-0.3, -0.25) is 4.79 Å².